The monoisotopic (exact) mass is 309 g/mol. The zero-order chi connectivity index (χ0) is 15.2. The van der Waals surface area contributed by atoms with Gasteiger partial charge < -0.3 is 9.30 Å². The maximum Gasteiger partial charge on any atom is 0.319 e. The summed E-state index contributed by atoms with van der Waals surface area (Å²) in [5.74, 6) is 1.39. The van der Waals surface area contributed by atoms with Crippen LogP contribution in [0.5, 0.6) is 0 Å². The third-order valence-corrected chi connectivity index (χ3v) is 4.57. The summed E-state index contributed by atoms with van der Waals surface area (Å²) in [5, 5.41) is 9.17. The molecule has 1 fully saturated rings. The van der Waals surface area contributed by atoms with Gasteiger partial charge in [-0.2, -0.15) is 0 Å². The number of hydrogen-bond acceptors (Lipinski definition) is 5. The van der Waals surface area contributed by atoms with Crippen LogP contribution in [0, 0.1) is 0 Å². The topological polar surface area (TPSA) is 57.0 Å². The van der Waals surface area contributed by atoms with Crippen molar-refractivity contribution in [1.29, 1.82) is 0 Å². The highest BCUT2D eigenvalue weighted by molar-refractivity contribution is 8.00. The molecule has 116 valence electrons. The summed E-state index contributed by atoms with van der Waals surface area (Å²) in [6.45, 7) is 8.79. The molecule has 0 aliphatic heterocycles. The van der Waals surface area contributed by atoms with E-state index < -0.39 is 0 Å². The molecule has 0 amide bonds. The predicted octanol–water partition coefficient (Wildman–Crippen LogP) is 3.17. The molecular weight excluding hydrogens is 286 g/mol. The molecule has 0 saturated heterocycles. The highest BCUT2D eigenvalue weighted by atomic mass is 32.2. The molecule has 0 aromatic carbocycles. The van der Waals surface area contributed by atoms with Gasteiger partial charge in [0, 0.05) is 12.5 Å². The van der Waals surface area contributed by atoms with E-state index >= 15 is 0 Å². The van der Waals surface area contributed by atoms with E-state index in [1.165, 1.54) is 24.6 Å². The van der Waals surface area contributed by atoms with Crippen LogP contribution in [-0.2, 0) is 16.1 Å². The number of nitrogens with zero attached hydrogens (tertiary/aromatic N) is 3. The fraction of sp³-hybridized carbons (Fsp3) is 0.667. The van der Waals surface area contributed by atoms with Gasteiger partial charge >= 0.3 is 5.97 Å². The summed E-state index contributed by atoms with van der Waals surface area (Å²) in [6, 6.07) is 0. The molecule has 1 atom stereocenters. The Hall–Kier alpha value is -1.30. The molecule has 1 aromatic heterocycles. The Morgan fingerprint density at radius 2 is 2.29 bits per heavy atom. The van der Waals surface area contributed by atoms with E-state index in [1.807, 2.05) is 13.0 Å². The Morgan fingerprint density at radius 3 is 2.86 bits per heavy atom. The molecule has 21 heavy (non-hydrogen) atoms. The SMILES string of the molecule is C=CCn1c(SC(CCC)C(=O)OCC)nnc1C1CC1. The maximum absolute atomic E-state index is 12.0. The zero-order valence-corrected chi connectivity index (χ0v) is 13.6. The first-order chi connectivity index (χ1) is 10.2. The van der Waals surface area contributed by atoms with E-state index in [9.17, 15) is 4.79 Å². The molecule has 6 heteroatoms. The van der Waals surface area contributed by atoms with Crippen LogP contribution in [0.1, 0.15) is 51.3 Å². The second kappa shape index (κ2) is 7.64. The van der Waals surface area contributed by atoms with E-state index in [2.05, 4.69) is 28.3 Å². The van der Waals surface area contributed by atoms with Gasteiger partial charge in [0.25, 0.3) is 0 Å². The van der Waals surface area contributed by atoms with Gasteiger partial charge in [-0.25, -0.2) is 0 Å². The fourth-order valence-corrected chi connectivity index (χ4v) is 3.34. The minimum Gasteiger partial charge on any atom is -0.465 e. The second-order valence-electron chi connectivity index (χ2n) is 5.16. The van der Waals surface area contributed by atoms with Crippen LogP contribution in [0.3, 0.4) is 0 Å². The van der Waals surface area contributed by atoms with Gasteiger partial charge in [-0.1, -0.05) is 31.2 Å². The Kier molecular flexibility index (Phi) is 5.85. The van der Waals surface area contributed by atoms with Crippen molar-refractivity contribution < 1.29 is 9.53 Å². The molecule has 0 N–H and O–H groups in total. The quantitative estimate of drug-likeness (QED) is 0.398. The molecular formula is C15H23N3O2S. The summed E-state index contributed by atoms with van der Waals surface area (Å²) in [6.07, 6.45) is 5.91. The van der Waals surface area contributed by atoms with Crippen molar-refractivity contribution in [3.63, 3.8) is 0 Å². The lowest BCUT2D eigenvalue weighted by Gasteiger charge is -2.14. The summed E-state index contributed by atoms with van der Waals surface area (Å²) in [5.41, 5.74) is 0. The Labute approximate surface area is 130 Å². The average molecular weight is 309 g/mol. The third kappa shape index (κ3) is 4.09. The molecule has 1 heterocycles. The van der Waals surface area contributed by atoms with Crippen molar-refractivity contribution in [3.05, 3.63) is 18.5 Å². The van der Waals surface area contributed by atoms with E-state index in [0.717, 1.165) is 23.8 Å². The second-order valence-corrected chi connectivity index (χ2v) is 6.33. The predicted molar refractivity (Wildman–Crippen MR) is 83.4 cm³/mol. The molecule has 1 unspecified atom stereocenters. The number of rotatable bonds is 9. The van der Waals surface area contributed by atoms with Gasteiger partial charge in [0.15, 0.2) is 5.16 Å². The number of carbonyl (C=O) groups excluding carboxylic acids is 1. The summed E-state index contributed by atoms with van der Waals surface area (Å²) >= 11 is 1.46. The van der Waals surface area contributed by atoms with Crippen LogP contribution >= 0.6 is 11.8 Å². The molecule has 0 radical (unpaired) electrons. The summed E-state index contributed by atoms with van der Waals surface area (Å²) in [4.78, 5) is 12.0. The van der Waals surface area contributed by atoms with Crippen LogP contribution < -0.4 is 0 Å². The summed E-state index contributed by atoms with van der Waals surface area (Å²) < 4.78 is 7.24. The van der Waals surface area contributed by atoms with E-state index in [1.54, 1.807) is 0 Å². The van der Waals surface area contributed by atoms with Crippen molar-refractivity contribution in [2.75, 3.05) is 6.61 Å². The number of allylic oxidation sites excluding steroid dienone is 1. The van der Waals surface area contributed by atoms with Gasteiger partial charge in [0.1, 0.15) is 11.1 Å². The number of ether oxygens (including phenoxy) is 1. The van der Waals surface area contributed by atoms with Crippen LogP contribution in [0.15, 0.2) is 17.8 Å². The number of carbonyl (C=O) groups is 1. The van der Waals surface area contributed by atoms with E-state index in [4.69, 9.17) is 4.74 Å². The molecule has 5 nitrogen and oxygen atoms in total. The lowest BCUT2D eigenvalue weighted by atomic mass is 10.2. The zero-order valence-electron chi connectivity index (χ0n) is 12.7. The minimum absolute atomic E-state index is 0.162. The molecule has 1 aliphatic rings. The molecule has 2 rings (SSSR count). The average Bonchev–Trinajstić information content (AvgIpc) is 3.23. The van der Waals surface area contributed by atoms with Crippen molar-refractivity contribution >= 4 is 17.7 Å². The molecule has 0 bridgehead atoms. The molecule has 0 spiro atoms. The Bertz CT molecular complexity index is 497. The minimum atomic E-state index is -0.213. The smallest absolute Gasteiger partial charge is 0.319 e. The van der Waals surface area contributed by atoms with E-state index in [0.29, 0.717) is 19.1 Å². The van der Waals surface area contributed by atoms with Crippen LogP contribution in [0.25, 0.3) is 0 Å². The lowest BCUT2D eigenvalue weighted by Crippen LogP contribution is -2.21. The first kappa shape index (κ1) is 16.1. The highest BCUT2D eigenvalue weighted by Gasteiger charge is 2.31. The van der Waals surface area contributed by atoms with Gasteiger partial charge in [-0.3, -0.25) is 4.79 Å². The summed E-state index contributed by atoms with van der Waals surface area (Å²) in [7, 11) is 0. The van der Waals surface area contributed by atoms with Crippen LogP contribution in [0.4, 0.5) is 0 Å². The van der Waals surface area contributed by atoms with Crippen molar-refractivity contribution in [2.24, 2.45) is 0 Å². The first-order valence-corrected chi connectivity index (χ1v) is 8.46. The molecule has 1 aromatic rings. The van der Waals surface area contributed by atoms with Crippen molar-refractivity contribution in [2.45, 2.75) is 62.4 Å². The lowest BCUT2D eigenvalue weighted by molar-refractivity contribution is -0.142. The van der Waals surface area contributed by atoms with E-state index in [-0.39, 0.29) is 11.2 Å². The highest BCUT2D eigenvalue weighted by Crippen LogP contribution is 2.40. The normalized spacial score (nSPS) is 15.7. The van der Waals surface area contributed by atoms with Gasteiger partial charge in [-0.15, -0.1) is 16.8 Å². The maximum atomic E-state index is 12.0. The van der Waals surface area contributed by atoms with Gasteiger partial charge in [-0.05, 0) is 26.2 Å². The largest absolute Gasteiger partial charge is 0.465 e. The standard InChI is InChI=1S/C15H23N3O2S/c1-4-7-12(14(19)20-6-3)21-15-17-16-13(11-8-9-11)18(15)10-5-2/h5,11-12H,2,4,6-10H2,1,3H3. The number of aromatic nitrogens is 3. The number of esters is 1. The van der Waals surface area contributed by atoms with Crippen molar-refractivity contribution in [3.8, 4) is 0 Å². The fourth-order valence-electron chi connectivity index (χ4n) is 2.18. The number of thioether (sulfide) groups is 1. The van der Waals surface area contributed by atoms with Gasteiger partial charge in [0.2, 0.25) is 0 Å². The molecule has 1 aliphatic carbocycles. The number of hydrogen-bond donors (Lipinski definition) is 0. The Morgan fingerprint density at radius 1 is 1.52 bits per heavy atom. The molecule has 1 saturated carbocycles. The Balaban J connectivity index is 2.15. The first-order valence-electron chi connectivity index (χ1n) is 7.58. The van der Waals surface area contributed by atoms with Crippen molar-refractivity contribution in [1.82, 2.24) is 14.8 Å². The third-order valence-electron chi connectivity index (χ3n) is 3.35. The van der Waals surface area contributed by atoms with Gasteiger partial charge in [0.05, 0.1) is 6.61 Å². The van der Waals surface area contributed by atoms with Crippen LogP contribution in [0.2, 0.25) is 0 Å². The van der Waals surface area contributed by atoms with Crippen LogP contribution in [-0.4, -0.2) is 32.6 Å².